The first-order valence-corrected chi connectivity index (χ1v) is 7.90. The predicted molar refractivity (Wildman–Crippen MR) is 94.3 cm³/mol. The van der Waals surface area contributed by atoms with Crippen molar-refractivity contribution in [3.63, 3.8) is 0 Å². The van der Waals surface area contributed by atoms with Crippen LogP contribution >= 0.6 is 0 Å². The highest BCUT2D eigenvalue weighted by Gasteiger charge is 2.12. The number of nitrogens with zero attached hydrogens (tertiary/aromatic N) is 2. The number of hydrogen-bond acceptors (Lipinski definition) is 3. The number of benzene rings is 2. The average Bonchev–Trinajstić information content (AvgIpc) is 2.61. The van der Waals surface area contributed by atoms with E-state index in [9.17, 15) is 5.26 Å². The maximum absolute atomic E-state index is 9.42. The summed E-state index contributed by atoms with van der Waals surface area (Å²) in [5.41, 5.74) is 2.78. The third-order valence-corrected chi connectivity index (χ3v) is 4.00. The first-order chi connectivity index (χ1) is 11.3. The molecule has 0 radical (unpaired) electrons. The molecular formula is C20H19N3. The van der Waals surface area contributed by atoms with E-state index in [1.54, 1.807) is 0 Å². The van der Waals surface area contributed by atoms with E-state index < -0.39 is 0 Å². The van der Waals surface area contributed by atoms with Crippen molar-refractivity contribution >= 4 is 16.7 Å². The van der Waals surface area contributed by atoms with Crippen molar-refractivity contribution < 1.29 is 0 Å². The fraction of sp³-hybridized carbons (Fsp3) is 0.200. The van der Waals surface area contributed by atoms with Crippen molar-refractivity contribution in [3.8, 4) is 6.07 Å². The second-order valence-electron chi connectivity index (χ2n) is 5.63. The van der Waals surface area contributed by atoms with Crippen molar-refractivity contribution in [1.29, 1.82) is 5.26 Å². The van der Waals surface area contributed by atoms with Crippen LogP contribution in [-0.4, -0.2) is 11.0 Å². The van der Waals surface area contributed by atoms with E-state index in [0.717, 1.165) is 23.7 Å². The van der Waals surface area contributed by atoms with Gasteiger partial charge in [-0.2, -0.15) is 5.26 Å². The Morgan fingerprint density at radius 1 is 1.09 bits per heavy atom. The molecule has 2 aromatic carbocycles. The van der Waals surface area contributed by atoms with Crippen LogP contribution in [0.1, 0.15) is 24.5 Å². The lowest BCUT2D eigenvalue weighted by atomic mass is 10.0. The number of nitriles is 1. The van der Waals surface area contributed by atoms with Crippen LogP contribution in [0.3, 0.4) is 0 Å². The van der Waals surface area contributed by atoms with Gasteiger partial charge in [-0.25, -0.2) is 4.98 Å². The molecule has 0 saturated heterocycles. The zero-order chi connectivity index (χ0) is 16.1. The SMILES string of the molecule is CCC(Cc1ccccc1)Nc1nc2ccccc2cc1C#N. The molecule has 0 aliphatic carbocycles. The monoisotopic (exact) mass is 301 g/mol. The van der Waals surface area contributed by atoms with Gasteiger partial charge in [0.05, 0.1) is 11.1 Å². The smallest absolute Gasteiger partial charge is 0.144 e. The minimum atomic E-state index is 0.248. The predicted octanol–water partition coefficient (Wildman–Crippen LogP) is 4.54. The summed E-state index contributed by atoms with van der Waals surface area (Å²) in [7, 11) is 0. The molecule has 0 amide bonds. The number of pyridine rings is 1. The van der Waals surface area contributed by atoms with Gasteiger partial charge < -0.3 is 5.32 Å². The third kappa shape index (κ3) is 3.49. The van der Waals surface area contributed by atoms with Gasteiger partial charge in [-0.3, -0.25) is 0 Å². The van der Waals surface area contributed by atoms with Crippen LogP contribution in [0.4, 0.5) is 5.82 Å². The average molecular weight is 301 g/mol. The highest BCUT2D eigenvalue weighted by Crippen LogP contribution is 2.21. The second-order valence-corrected chi connectivity index (χ2v) is 5.63. The summed E-state index contributed by atoms with van der Waals surface area (Å²) in [6.07, 6.45) is 1.88. The standard InChI is InChI=1S/C20H19N3/c1-2-18(12-15-8-4-3-5-9-15)22-20-17(14-21)13-16-10-6-7-11-19(16)23-20/h3-11,13,18H,2,12H2,1H3,(H,22,23). The van der Waals surface area contributed by atoms with E-state index in [-0.39, 0.29) is 6.04 Å². The van der Waals surface area contributed by atoms with Crippen molar-refractivity contribution in [2.45, 2.75) is 25.8 Å². The Labute approximate surface area is 136 Å². The Kier molecular flexibility index (Phi) is 4.54. The number of hydrogen-bond donors (Lipinski definition) is 1. The van der Waals surface area contributed by atoms with E-state index in [1.165, 1.54) is 5.56 Å². The molecule has 3 heteroatoms. The number of para-hydroxylation sites is 1. The molecule has 1 unspecified atom stereocenters. The molecule has 0 aliphatic rings. The maximum Gasteiger partial charge on any atom is 0.144 e. The van der Waals surface area contributed by atoms with E-state index in [0.29, 0.717) is 11.4 Å². The van der Waals surface area contributed by atoms with Crippen LogP contribution in [0.2, 0.25) is 0 Å². The van der Waals surface area contributed by atoms with E-state index in [4.69, 9.17) is 0 Å². The Morgan fingerprint density at radius 3 is 2.57 bits per heavy atom. The molecule has 0 aliphatic heterocycles. The van der Waals surface area contributed by atoms with Crippen LogP contribution in [0.25, 0.3) is 10.9 Å². The molecule has 0 bridgehead atoms. The molecule has 1 atom stereocenters. The number of rotatable bonds is 5. The maximum atomic E-state index is 9.42. The summed E-state index contributed by atoms with van der Waals surface area (Å²) >= 11 is 0. The molecule has 23 heavy (non-hydrogen) atoms. The Morgan fingerprint density at radius 2 is 1.83 bits per heavy atom. The number of nitrogens with one attached hydrogen (secondary N) is 1. The van der Waals surface area contributed by atoms with Crippen molar-refractivity contribution in [3.05, 3.63) is 71.8 Å². The number of fused-ring (bicyclic) bond motifs is 1. The van der Waals surface area contributed by atoms with Crippen LogP contribution in [0.15, 0.2) is 60.7 Å². The summed E-state index contributed by atoms with van der Waals surface area (Å²) < 4.78 is 0. The molecule has 1 aromatic heterocycles. The largest absolute Gasteiger partial charge is 0.366 e. The lowest BCUT2D eigenvalue weighted by molar-refractivity contribution is 0.687. The summed E-state index contributed by atoms with van der Waals surface area (Å²) in [6, 6.07) is 22.7. The van der Waals surface area contributed by atoms with Crippen LogP contribution in [-0.2, 0) is 6.42 Å². The summed E-state index contributed by atoms with van der Waals surface area (Å²) in [5, 5.41) is 13.9. The van der Waals surface area contributed by atoms with E-state index in [1.807, 2.05) is 36.4 Å². The van der Waals surface area contributed by atoms with Crippen molar-refractivity contribution in [2.24, 2.45) is 0 Å². The van der Waals surface area contributed by atoms with E-state index >= 15 is 0 Å². The number of aromatic nitrogens is 1. The lowest BCUT2D eigenvalue weighted by Crippen LogP contribution is -2.22. The van der Waals surface area contributed by atoms with Crippen molar-refractivity contribution in [1.82, 2.24) is 4.98 Å². The normalized spacial score (nSPS) is 11.8. The molecule has 114 valence electrons. The van der Waals surface area contributed by atoms with Gasteiger partial charge in [0.15, 0.2) is 0 Å². The van der Waals surface area contributed by atoms with Gasteiger partial charge in [-0.1, -0.05) is 55.5 Å². The van der Waals surface area contributed by atoms with Gasteiger partial charge in [0.2, 0.25) is 0 Å². The molecule has 1 N–H and O–H groups in total. The zero-order valence-corrected chi connectivity index (χ0v) is 13.2. The minimum Gasteiger partial charge on any atom is -0.366 e. The Hall–Kier alpha value is -2.86. The first kappa shape index (κ1) is 15.1. The fourth-order valence-electron chi connectivity index (χ4n) is 2.70. The molecule has 0 spiro atoms. The highest BCUT2D eigenvalue weighted by atomic mass is 15.0. The van der Waals surface area contributed by atoms with Crippen LogP contribution in [0.5, 0.6) is 0 Å². The van der Waals surface area contributed by atoms with Gasteiger partial charge in [0.1, 0.15) is 11.9 Å². The second kappa shape index (κ2) is 6.93. The van der Waals surface area contributed by atoms with Gasteiger partial charge in [-0.05, 0) is 30.5 Å². The van der Waals surface area contributed by atoms with Gasteiger partial charge in [-0.15, -0.1) is 0 Å². The van der Waals surface area contributed by atoms with Gasteiger partial charge in [0.25, 0.3) is 0 Å². The molecule has 3 nitrogen and oxygen atoms in total. The van der Waals surface area contributed by atoms with Crippen molar-refractivity contribution in [2.75, 3.05) is 5.32 Å². The molecule has 0 fully saturated rings. The summed E-state index contributed by atoms with van der Waals surface area (Å²) in [4.78, 5) is 4.64. The van der Waals surface area contributed by atoms with E-state index in [2.05, 4.69) is 47.6 Å². The van der Waals surface area contributed by atoms with Gasteiger partial charge in [0, 0.05) is 11.4 Å². The first-order valence-electron chi connectivity index (χ1n) is 7.90. The number of anilines is 1. The topological polar surface area (TPSA) is 48.7 Å². The minimum absolute atomic E-state index is 0.248. The van der Waals surface area contributed by atoms with Crippen LogP contribution < -0.4 is 5.32 Å². The van der Waals surface area contributed by atoms with Gasteiger partial charge >= 0.3 is 0 Å². The summed E-state index contributed by atoms with van der Waals surface area (Å²) in [5.74, 6) is 0.675. The highest BCUT2D eigenvalue weighted by molar-refractivity contribution is 5.82. The zero-order valence-electron chi connectivity index (χ0n) is 13.2. The fourth-order valence-corrected chi connectivity index (χ4v) is 2.70. The quantitative estimate of drug-likeness (QED) is 0.752. The molecule has 1 heterocycles. The molecule has 3 aromatic rings. The third-order valence-electron chi connectivity index (χ3n) is 4.00. The Bertz CT molecular complexity index is 834. The Balaban J connectivity index is 1.88. The summed E-state index contributed by atoms with van der Waals surface area (Å²) in [6.45, 7) is 2.15. The van der Waals surface area contributed by atoms with Crippen LogP contribution in [0, 0.1) is 11.3 Å². The molecular weight excluding hydrogens is 282 g/mol. The molecule has 3 rings (SSSR count). The lowest BCUT2D eigenvalue weighted by Gasteiger charge is -2.19. The molecule has 0 saturated carbocycles.